The van der Waals surface area contributed by atoms with Crippen LogP contribution in [0.5, 0.6) is 0 Å². The van der Waals surface area contributed by atoms with Crippen LogP contribution < -0.4 is 0 Å². The number of rotatable bonds is 4. The molecule has 7 heteroatoms. The van der Waals surface area contributed by atoms with Crippen molar-refractivity contribution in [3.63, 3.8) is 0 Å². The minimum Gasteiger partial charge on any atom is -0.375 e. The molecule has 1 atom stereocenters. The van der Waals surface area contributed by atoms with Crippen LogP contribution in [0.2, 0.25) is 0 Å². The van der Waals surface area contributed by atoms with Gasteiger partial charge in [0, 0.05) is 26.9 Å². The van der Waals surface area contributed by atoms with Crippen molar-refractivity contribution in [3.05, 3.63) is 30.4 Å². The second-order valence-corrected chi connectivity index (χ2v) is 5.35. The Balaban J connectivity index is 1.88. The van der Waals surface area contributed by atoms with Gasteiger partial charge in [-0.15, -0.1) is 0 Å². The lowest BCUT2D eigenvalue weighted by molar-refractivity contribution is -0.136. The molecule has 1 fully saturated rings. The molecule has 0 spiro atoms. The van der Waals surface area contributed by atoms with Crippen LogP contribution in [0, 0.1) is 0 Å². The fraction of sp³-hybridized carbons (Fsp3) is 0.467. The lowest BCUT2D eigenvalue weighted by atomic mass is 10.1. The summed E-state index contributed by atoms with van der Waals surface area (Å²) < 4.78 is 6.72. The van der Waals surface area contributed by atoms with Gasteiger partial charge in [-0.25, -0.2) is 4.98 Å². The lowest BCUT2D eigenvalue weighted by Gasteiger charge is -2.24. The summed E-state index contributed by atoms with van der Waals surface area (Å²) in [5, 5.41) is 4.16. The highest BCUT2D eigenvalue weighted by Gasteiger charge is 2.31. The van der Waals surface area contributed by atoms with E-state index < -0.39 is 0 Å². The summed E-state index contributed by atoms with van der Waals surface area (Å²) in [5.74, 6) is -0.00210. The predicted molar refractivity (Wildman–Crippen MR) is 79.8 cm³/mol. The Morgan fingerprint density at radius 1 is 1.45 bits per heavy atom. The third kappa shape index (κ3) is 2.71. The molecule has 22 heavy (non-hydrogen) atoms. The summed E-state index contributed by atoms with van der Waals surface area (Å²) in [4.78, 5) is 23.0. The molecular formula is C15H19N5O2. The first-order valence-electron chi connectivity index (χ1n) is 7.29. The van der Waals surface area contributed by atoms with E-state index in [1.165, 1.54) is 7.11 Å². The van der Waals surface area contributed by atoms with Crippen molar-refractivity contribution in [1.29, 1.82) is 0 Å². The third-order valence-corrected chi connectivity index (χ3v) is 3.92. The van der Waals surface area contributed by atoms with Gasteiger partial charge >= 0.3 is 0 Å². The highest BCUT2D eigenvalue weighted by atomic mass is 16.5. The molecule has 1 amide bonds. The molecule has 1 aliphatic heterocycles. The minimum atomic E-state index is -0.0247. The van der Waals surface area contributed by atoms with Gasteiger partial charge in [0.15, 0.2) is 0 Å². The molecule has 0 unspecified atom stereocenters. The Morgan fingerprint density at radius 3 is 3.05 bits per heavy atom. The molecule has 1 aliphatic rings. The standard InChI is InChI=1S/C15H19N5O2/c1-19-13(5-6-17-19)11-8-16-9-12(18-11)14-4-3-7-20(14)15(21)10-22-2/h5-6,8-9,14H,3-4,7,10H2,1-2H3/t14-/m1/s1. The van der Waals surface area contributed by atoms with Gasteiger partial charge in [-0.2, -0.15) is 5.10 Å². The predicted octanol–water partition coefficient (Wildman–Crippen LogP) is 1.19. The number of aryl methyl sites for hydroxylation is 1. The average Bonchev–Trinajstić information content (AvgIpc) is 3.16. The normalized spacial score (nSPS) is 17.9. The van der Waals surface area contributed by atoms with E-state index in [0.29, 0.717) is 0 Å². The zero-order chi connectivity index (χ0) is 15.5. The van der Waals surface area contributed by atoms with E-state index in [0.717, 1.165) is 36.5 Å². The van der Waals surface area contributed by atoms with Gasteiger partial charge in [0.2, 0.25) is 5.91 Å². The Kier molecular flexibility index (Phi) is 4.15. The molecule has 7 nitrogen and oxygen atoms in total. The van der Waals surface area contributed by atoms with Crippen molar-refractivity contribution < 1.29 is 9.53 Å². The van der Waals surface area contributed by atoms with Gasteiger partial charge in [0.1, 0.15) is 12.3 Å². The molecule has 0 N–H and O–H groups in total. The topological polar surface area (TPSA) is 73.1 Å². The summed E-state index contributed by atoms with van der Waals surface area (Å²) in [5.41, 5.74) is 2.49. The van der Waals surface area contributed by atoms with E-state index in [1.54, 1.807) is 23.3 Å². The molecule has 2 aromatic heterocycles. The van der Waals surface area contributed by atoms with E-state index in [-0.39, 0.29) is 18.6 Å². The quantitative estimate of drug-likeness (QED) is 0.848. The average molecular weight is 301 g/mol. The van der Waals surface area contributed by atoms with Crippen molar-refractivity contribution in [2.45, 2.75) is 18.9 Å². The number of hydrogen-bond acceptors (Lipinski definition) is 5. The summed E-state index contributed by atoms with van der Waals surface area (Å²) >= 11 is 0. The number of methoxy groups -OCH3 is 1. The third-order valence-electron chi connectivity index (χ3n) is 3.92. The van der Waals surface area contributed by atoms with E-state index in [1.807, 2.05) is 18.0 Å². The van der Waals surface area contributed by atoms with Crippen LogP contribution in [0.3, 0.4) is 0 Å². The SMILES string of the molecule is COCC(=O)N1CCC[C@@H]1c1cncc(-c2ccnn2C)n1. The number of carbonyl (C=O) groups excluding carboxylic acids is 1. The highest BCUT2D eigenvalue weighted by Crippen LogP contribution is 2.31. The molecule has 2 aromatic rings. The van der Waals surface area contributed by atoms with E-state index in [9.17, 15) is 4.79 Å². The number of likely N-dealkylation sites (tertiary alicyclic amines) is 1. The van der Waals surface area contributed by atoms with Crippen LogP contribution >= 0.6 is 0 Å². The molecule has 116 valence electrons. The number of amides is 1. The van der Waals surface area contributed by atoms with E-state index in [2.05, 4.69) is 10.1 Å². The molecule has 0 saturated carbocycles. The van der Waals surface area contributed by atoms with Crippen LogP contribution in [-0.2, 0) is 16.6 Å². The van der Waals surface area contributed by atoms with Crippen molar-refractivity contribution in [2.24, 2.45) is 7.05 Å². The van der Waals surface area contributed by atoms with Gasteiger partial charge in [-0.05, 0) is 18.9 Å². The molecule has 3 heterocycles. The Bertz CT molecular complexity index is 669. The second kappa shape index (κ2) is 6.23. The summed E-state index contributed by atoms with van der Waals surface area (Å²) in [6.07, 6.45) is 7.06. The maximum Gasteiger partial charge on any atom is 0.249 e. The zero-order valence-electron chi connectivity index (χ0n) is 12.8. The Labute approximate surface area is 128 Å². The molecule has 0 aliphatic carbocycles. The Hall–Kier alpha value is -2.28. The number of aromatic nitrogens is 4. The van der Waals surface area contributed by atoms with Crippen LogP contribution in [0.4, 0.5) is 0 Å². The van der Waals surface area contributed by atoms with Crippen molar-refractivity contribution in [3.8, 4) is 11.4 Å². The molecule has 0 radical (unpaired) electrons. The van der Waals surface area contributed by atoms with Crippen molar-refractivity contribution in [2.75, 3.05) is 20.3 Å². The molecule has 1 saturated heterocycles. The van der Waals surface area contributed by atoms with E-state index in [4.69, 9.17) is 9.72 Å². The van der Waals surface area contributed by atoms with Gasteiger partial charge in [0.05, 0.1) is 29.8 Å². The van der Waals surface area contributed by atoms with Gasteiger partial charge < -0.3 is 9.64 Å². The monoisotopic (exact) mass is 301 g/mol. The summed E-state index contributed by atoms with van der Waals surface area (Å²) in [6.45, 7) is 0.843. The Morgan fingerprint density at radius 2 is 2.32 bits per heavy atom. The van der Waals surface area contributed by atoms with Crippen LogP contribution in [0.15, 0.2) is 24.7 Å². The summed E-state index contributed by atoms with van der Waals surface area (Å²) in [7, 11) is 3.40. The number of nitrogens with zero attached hydrogens (tertiary/aromatic N) is 5. The fourth-order valence-electron chi connectivity index (χ4n) is 2.87. The van der Waals surface area contributed by atoms with Crippen molar-refractivity contribution in [1.82, 2.24) is 24.6 Å². The van der Waals surface area contributed by atoms with Crippen LogP contribution in [0.1, 0.15) is 24.6 Å². The summed E-state index contributed by atoms with van der Waals surface area (Å²) in [6, 6.07) is 1.87. The van der Waals surface area contributed by atoms with Crippen LogP contribution in [-0.4, -0.2) is 50.8 Å². The molecule has 0 aromatic carbocycles. The maximum absolute atomic E-state index is 12.1. The molecular weight excluding hydrogens is 282 g/mol. The molecule has 0 bridgehead atoms. The minimum absolute atomic E-state index is 0.00210. The number of ether oxygens (including phenoxy) is 1. The van der Waals surface area contributed by atoms with Crippen LogP contribution in [0.25, 0.3) is 11.4 Å². The highest BCUT2D eigenvalue weighted by molar-refractivity contribution is 5.78. The number of carbonyl (C=O) groups is 1. The van der Waals surface area contributed by atoms with E-state index >= 15 is 0 Å². The first kappa shape index (κ1) is 14.6. The zero-order valence-corrected chi connectivity index (χ0v) is 12.8. The first-order chi connectivity index (χ1) is 10.7. The molecule has 3 rings (SSSR count). The maximum atomic E-state index is 12.1. The van der Waals surface area contributed by atoms with Crippen molar-refractivity contribution >= 4 is 5.91 Å². The second-order valence-electron chi connectivity index (χ2n) is 5.35. The first-order valence-corrected chi connectivity index (χ1v) is 7.29. The number of hydrogen-bond donors (Lipinski definition) is 0. The largest absolute Gasteiger partial charge is 0.375 e. The smallest absolute Gasteiger partial charge is 0.249 e. The fourth-order valence-corrected chi connectivity index (χ4v) is 2.87. The lowest BCUT2D eigenvalue weighted by Crippen LogP contribution is -2.33. The van der Waals surface area contributed by atoms with Gasteiger partial charge in [-0.1, -0.05) is 0 Å². The van der Waals surface area contributed by atoms with Gasteiger partial charge in [0.25, 0.3) is 0 Å². The van der Waals surface area contributed by atoms with Gasteiger partial charge in [-0.3, -0.25) is 14.5 Å².